The van der Waals surface area contributed by atoms with Crippen LogP contribution in [0.3, 0.4) is 0 Å². The van der Waals surface area contributed by atoms with Gasteiger partial charge in [0.1, 0.15) is 5.52 Å². The maximum atomic E-state index is 5.99. The fourth-order valence-electron chi connectivity index (χ4n) is 1.53. The van der Waals surface area contributed by atoms with Gasteiger partial charge in [-0.3, -0.25) is 0 Å². The van der Waals surface area contributed by atoms with Crippen LogP contribution >= 0.6 is 23.2 Å². The van der Waals surface area contributed by atoms with Crippen molar-refractivity contribution in [2.75, 3.05) is 0 Å². The third-order valence-corrected chi connectivity index (χ3v) is 2.64. The lowest BCUT2D eigenvalue weighted by atomic mass is 10.2. The minimum atomic E-state index is 0.199. The van der Waals surface area contributed by atoms with Crippen LogP contribution in [0.25, 0.3) is 22.1 Å². The van der Waals surface area contributed by atoms with Crippen LogP contribution in [0.4, 0.5) is 0 Å². The van der Waals surface area contributed by atoms with Crippen LogP contribution in [-0.2, 0) is 0 Å². The number of hydrogen-bond acceptors (Lipinski definition) is 3. The van der Waals surface area contributed by atoms with Gasteiger partial charge in [0.25, 0.3) is 0 Å². The van der Waals surface area contributed by atoms with Gasteiger partial charge in [0.15, 0.2) is 11.2 Å². The first-order valence-corrected chi connectivity index (χ1v) is 5.00. The van der Waals surface area contributed by atoms with E-state index in [1.165, 1.54) is 0 Å². The molecular weight excluding hydrogens is 235 g/mol. The Labute approximate surface area is 94.6 Å². The highest BCUT2D eigenvalue weighted by molar-refractivity contribution is 6.35. The second-order valence-electron chi connectivity index (χ2n) is 3.07. The average molecular weight is 239 g/mol. The molecule has 0 radical (unpaired) electrons. The monoisotopic (exact) mass is 238 g/mol. The second-order valence-corrected chi connectivity index (χ2v) is 3.82. The Bertz CT molecular complexity index is 663. The quantitative estimate of drug-likeness (QED) is 0.561. The van der Waals surface area contributed by atoms with Crippen molar-refractivity contribution in [2.24, 2.45) is 0 Å². The van der Waals surface area contributed by atoms with Crippen LogP contribution in [0.5, 0.6) is 0 Å². The van der Waals surface area contributed by atoms with Gasteiger partial charge >= 0.3 is 0 Å². The van der Waals surface area contributed by atoms with Gasteiger partial charge in [-0.2, -0.15) is 0 Å². The predicted molar refractivity (Wildman–Crippen MR) is 59.3 cm³/mol. The smallest absolute Gasteiger partial charge is 0.223 e. The summed E-state index contributed by atoms with van der Waals surface area (Å²) in [5.41, 5.74) is 1.89. The van der Waals surface area contributed by atoms with Crippen molar-refractivity contribution in [1.82, 2.24) is 9.97 Å². The van der Waals surface area contributed by atoms with E-state index in [0.717, 1.165) is 5.39 Å². The molecule has 0 aliphatic carbocycles. The second kappa shape index (κ2) is 3.08. The first-order chi connectivity index (χ1) is 7.25. The van der Waals surface area contributed by atoms with E-state index in [4.69, 9.17) is 27.6 Å². The number of benzene rings is 1. The number of fused-ring (bicyclic) bond motifs is 3. The molecule has 5 heteroatoms. The SMILES string of the molecule is Clc1ncc2oc3c(Cl)cccc3c2n1. The summed E-state index contributed by atoms with van der Waals surface area (Å²) in [7, 11) is 0. The standard InChI is InChI=1S/C10H4Cl2N2O/c11-6-3-1-2-5-8-7(15-9(5)6)4-13-10(12)14-8/h1-4H. The Morgan fingerprint density at radius 1 is 1.20 bits per heavy atom. The maximum Gasteiger partial charge on any atom is 0.223 e. The molecule has 0 bridgehead atoms. The number of furan rings is 1. The zero-order chi connectivity index (χ0) is 10.4. The minimum Gasteiger partial charge on any atom is -0.451 e. The van der Waals surface area contributed by atoms with Gasteiger partial charge in [0, 0.05) is 5.39 Å². The summed E-state index contributed by atoms with van der Waals surface area (Å²) in [5.74, 6) is 0. The van der Waals surface area contributed by atoms with Crippen LogP contribution in [0.2, 0.25) is 10.3 Å². The summed E-state index contributed by atoms with van der Waals surface area (Å²) in [6, 6.07) is 5.49. The molecule has 2 aromatic heterocycles. The van der Waals surface area contributed by atoms with E-state index in [1.54, 1.807) is 12.3 Å². The van der Waals surface area contributed by atoms with Crippen LogP contribution in [-0.4, -0.2) is 9.97 Å². The molecule has 0 saturated heterocycles. The van der Waals surface area contributed by atoms with E-state index >= 15 is 0 Å². The summed E-state index contributed by atoms with van der Waals surface area (Å²) in [6.07, 6.45) is 1.54. The van der Waals surface area contributed by atoms with Gasteiger partial charge in [0.05, 0.1) is 11.2 Å². The molecule has 2 heterocycles. The van der Waals surface area contributed by atoms with Crippen molar-refractivity contribution in [3.05, 3.63) is 34.7 Å². The molecule has 0 aliphatic rings. The fourth-order valence-corrected chi connectivity index (χ4v) is 1.87. The molecular formula is C10H4Cl2N2O. The Hall–Kier alpha value is -1.32. The highest BCUT2D eigenvalue weighted by atomic mass is 35.5. The van der Waals surface area contributed by atoms with Gasteiger partial charge in [-0.05, 0) is 23.7 Å². The van der Waals surface area contributed by atoms with Gasteiger partial charge in [0.2, 0.25) is 5.28 Å². The molecule has 0 saturated carbocycles. The van der Waals surface area contributed by atoms with Gasteiger partial charge in [-0.15, -0.1) is 0 Å². The zero-order valence-corrected chi connectivity index (χ0v) is 8.88. The van der Waals surface area contributed by atoms with Gasteiger partial charge in [-0.25, -0.2) is 9.97 Å². The molecule has 0 aliphatic heterocycles. The number of rotatable bonds is 0. The van der Waals surface area contributed by atoms with Crippen molar-refractivity contribution < 1.29 is 4.42 Å². The molecule has 0 unspecified atom stereocenters. The normalized spacial score (nSPS) is 11.3. The fraction of sp³-hybridized carbons (Fsp3) is 0. The van der Waals surface area contributed by atoms with Crippen LogP contribution in [0.1, 0.15) is 0 Å². The number of para-hydroxylation sites is 1. The lowest BCUT2D eigenvalue weighted by Gasteiger charge is -1.89. The van der Waals surface area contributed by atoms with E-state index < -0.39 is 0 Å². The molecule has 15 heavy (non-hydrogen) atoms. The Balaban J connectivity index is 2.58. The van der Waals surface area contributed by atoms with E-state index in [2.05, 4.69) is 9.97 Å². The zero-order valence-electron chi connectivity index (χ0n) is 7.37. The van der Waals surface area contributed by atoms with Gasteiger partial charge in [-0.1, -0.05) is 17.7 Å². The lowest BCUT2D eigenvalue weighted by Crippen LogP contribution is -1.79. The molecule has 0 spiro atoms. The third-order valence-electron chi connectivity index (χ3n) is 2.16. The lowest BCUT2D eigenvalue weighted by molar-refractivity contribution is 0.666. The summed E-state index contributed by atoms with van der Waals surface area (Å²) in [4.78, 5) is 7.96. The van der Waals surface area contributed by atoms with E-state index in [1.807, 2.05) is 12.1 Å². The van der Waals surface area contributed by atoms with Crippen molar-refractivity contribution in [2.45, 2.75) is 0 Å². The van der Waals surface area contributed by atoms with Crippen molar-refractivity contribution in [3.63, 3.8) is 0 Å². The Morgan fingerprint density at radius 3 is 2.93 bits per heavy atom. The third kappa shape index (κ3) is 1.28. The first kappa shape index (κ1) is 8.95. The Morgan fingerprint density at radius 2 is 2.07 bits per heavy atom. The Kier molecular flexibility index (Phi) is 1.84. The number of halogens is 2. The minimum absolute atomic E-state index is 0.199. The molecule has 74 valence electrons. The van der Waals surface area contributed by atoms with Crippen LogP contribution < -0.4 is 0 Å². The van der Waals surface area contributed by atoms with E-state index in [0.29, 0.717) is 21.7 Å². The predicted octanol–water partition coefficient (Wildman–Crippen LogP) is 3.68. The average Bonchev–Trinajstić information content (AvgIpc) is 2.58. The summed E-state index contributed by atoms with van der Waals surface area (Å²) in [5, 5.41) is 1.61. The highest BCUT2D eigenvalue weighted by Gasteiger charge is 2.11. The molecule has 3 rings (SSSR count). The number of hydrogen-bond donors (Lipinski definition) is 0. The molecule has 1 aromatic carbocycles. The van der Waals surface area contributed by atoms with Crippen LogP contribution in [0.15, 0.2) is 28.8 Å². The van der Waals surface area contributed by atoms with Crippen molar-refractivity contribution >= 4 is 45.3 Å². The van der Waals surface area contributed by atoms with E-state index in [-0.39, 0.29) is 5.28 Å². The molecule has 3 nitrogen and oxygen atoms in total. The molecule has 0 amide bonds. The molecule has 3 aromatic rings. The maximum absolute atomic E-state index is 5.99. The number of aromatic nitrogens is 2. The largest absolute Gasteiger partial charge is 0.451 e. The van der Waals surface area contributed by atoms with E-state index in [9.17, 15) is 0 Å². The number of nitrogens with zero attached hydrogens (tertiary/aromatic N) is 2. The van der Waals surface area contributed by atoms with Gasteiger partial charge < -0.3 is 4.42 Å². The molecule has 0 atom stereocenters. The molecule has 0 N–H and O–H groups in total. The summed E-state index contributed by atoms with van der Waals surface area (Å²) < 4.78 is 5.52. The highest BCUT2D eigenvalue weighted by Crippen LogP contribution is 2.31. The van der Waals surface area contributed by atoms with Crippen molar-refractivity contribution in [3.8, 4) is 0 Å². The summed E-state index contributed by atoms with van der Waals surface area (Å²) >= 11 is 11.7. The van der Waals surface area contributed by atoms with Crippen LogP contribution in [0, 0.1) is 0 Å². The van der Waals surface area contributed by atoms with Crippen molar-refractivity contribution in [1.29, 1.82) is 0 Å². The summed E-state index contributed by atoms with van der Waals surface area (Å²) in [6.45, 7) is 0. The first-order valence-electron chi connectivity index (χ1n) is 4.25. The topological polar surface area (TPSA) is 38.9 Å². The molecule has 0 fully saturated rings.